The van der Waals surface area contributed by atoms with Crippen LogP contribution < -0.4 is 9.46 Å². The zero-order valence-electron chi connectivity index (χ0n) is 13.1. The predicted octanol–water partition coefficient (Wildman–Crippen LogP) is 6.24. The van der Waals surface area contributed by atoms with Gasteiger partial charge in [-0.3, -0.25) is 4.72 Å². The van der Waals surface area contributed by atoms with Crippen molar-refractivity contribution in [3.8, 4) is 11.5 Å². The van der Waals surface area contributed by atoms with Crippen LogP contribution in [0.15, 0.2) is 71.6 Å². The molecule has 0 saturated carbocycles. The van der Waals surface area contributed by atoms with E-state index in [1.54, 1.807) is 48.5 Å². The maximum Gasteiger partial charge on any atom is 0.261 e. The number of nitrogens with one attached hydrogen (secondary N) is 1. The first-order chi connectivity index (χ1) is 12.3. The van der Waals surface area contributed by atoms with Gasteiger partial charge in [0, 0.05) is 10.7 Å². The number of halogens is 3. The smallest absolute Gasteiger partial charge is 0.261 e. The predicted molar refractivity (Wildman–Crippen MR) is 105 cm³/mol. The van der Waals surface area contributed by atoms with E-state index in [0.29, 0.717) is 22.2 Å². The van der Waals surface area contributed by atoms with Crippen LogP contribution in [0.4, 0.5) is 5.69 Å². The summed E-state index contributed by atoms with van der Waals surface area (Å²) in [6.45, 7) is 0. The molecule has 0 atom stereocenters. The van der Waals surface area contributed by atoms with E-state index in [4.69, 9.17) is 39.5 Å². The molecule has 0 aliphatic carbocycles. The number of hydrogen-bond acceptors (Lipinski definition) is 3. The fourth-order valence-corrected chi connectivity index (χ4v) is 3.66. The molecule has 0 unspecified atom stereocenters. The molecule has 0 radical (unpaired) electrons. The van der Waals surface area contributed by atoms with E-state index in [9.17, 15) is 8.42 Å². The van der Waals surface area contributed by atoms with Crippen LogP contribution in [0.3, 0.4) is 0 Å². The lowest BCUT2D eigenvalue weighted by molar-refractivity contribution is 0.483. The monoisotopic (exact) mass is 427 g/mol. The number of sulfonamides is 1. The van der Waals surface area contributed by atoms with Gasteiger partial charge in [-0.25, -0.2) is 8.42 Å². The Labute approximate surface area is 166 Å². The van der Waals surface area contributed by atoms with E-state index < -0.39 is 10.0 Å². The van der Waals surface area contributed by atoms with Gasteiger partial charge in [-0.05, 0) is 66.7 Å². The average molecular weight is 429 g/mol. The van der Waals surface area contributed by atoms with Crippen LogP contribution in [0.25, 0.3) is 0 Å². The van der Waals surface area contributed by atoms with Crippen molar-refractivity contribution >= 4 is 50.5 Å². The highest BCUT2D eigenvalue weighted by Gasteiger charge is 2.15. The Hall–Kier alpha value is -1.92. The average Bonchev–Trinajstić information content (AvgIpc) is 2.61. The number of anilines is 1. The molecule has 3 rings (SSSR count). The van der Waals surface area contributed by atoms with E-state index in [0.717, 1.165) is 0 Å². The molecule has 1 N–H and O–H groups in total. The summed E-state index contributed by atoms with van der Waals surface area (Å²) in [5.74, 6) is 1.18. The highest BCUT2D eigenvalue weighted by Crippen LogP contribution is 2.27. The minimum atomic E-state index is -3.78. The van der Waals surface area contributed by atoms with Gasteiger partial charge >= 0.3 is 0 Å². The lowest BCUT2D eigenvalue weighted by Gasteiger charge is -2.10. The van der Waals surface area contributed by atoms with Crippen LogP contribution in [0.1, 0.15) is 0 Å². The second-order valence-corrected chi connectivity index (χ2v) is 8.20. The molecule has 0 spiro atoms. The van der Waals surface area contributed by atoms with Crippen LogP contribution in [-0.4, -0.2) is 8.42 Å². The molecule has 8 heteroatoms. The number of rotatable bonds is 5. The van der Waals surface area contributed by atoms with Gasteiger partial charge in [-0.15, -0.1) is 0 Å². The number of benzene rings is 3. The zero-order chi connectivity index (χ0) is 18.7. The molecule has 0 bridgehead atoms. The molecule has 0 heterocycles. The summed E-state index contributed by atoms with van der Waals surface area (Å²) in [6.07, 6.45) is 0. The number of hydrogen-bond donors (Lipinski definition) is 1. The van der Waals surface area contributed by atoms with Crippen molar-refractivity contribution in [1.82, 2.24) is 0 Å². The second kappa shape index (κ2) is 7.76. The van der Waals surface area contributed by atoms with Crippen molar-refractivity contribution in [1.29, 1.82) is 0 Å². The van der Waals surface area contributed by atoms with E-state index in [2.05, 4.69) is 4.72 Å². The zero-order valence-corrected chi connectivity index (χ0v) is 16.2. The Balaban J connectivity index is 1.73. The van der Waals surface area contributed by atoms with Gasteiger partial charge in [0.2, 0.25) is 0 Å². The van der Waals surface area contributed by atoms with Gasteiger partial charge in [-0.2, -0.15) is 0 Å². The topological polar surface area (TPSA) is 55.4 Å². The third-order valence-electron chi connectivity index (χ3n) is 3.36. The first kappa shape index (κ1) is 18.9. The standard InChI is InChI=1S/C18H12Cl3NO3S/c19-12-1-5-14(6-2-12)25-15-7-3-13(4-8-15)22-26(23,24)16-9-10-17(20)18(21)11-16/h1-11,22H. The maximum atomic E-state index is 12.4. The molecule has 134 valence electrons. The summed E-state index contributed by atoms with van der Waals surface area (Å²) < 4.78 is 33.0. The van der Waals surface area contributed by atoms with Crippen molar-refractivity contribution in [2.45, 2.75) is 4.90 Å². The minimum absolute atomic E-state index is 0.0217. The second-order valence-electron chi connectivity index (χ2n) is 5.26. The molecule has 0 aliphatic heterocycles. The molecule has 0 aromatic heterocycles. The van der Waals surface area contributed by atoms with E-state index >= 15 is 0 Å². The van der Waals surface area contributed by atoms with Crippen molar-refractivity contribution < 1.29 is 13.2 Å². The quantitative estimate of drug-likeness (QED) is 0.523. The Morgan fingerprint density at radius 1 is 0.731 bits per heavy atom. The summed E-state index contributed by atoms with van der Waals surface area (Å²) in [4.78, 5) is 0.0217. The van der Waals surface area contributed by atoms with Crippen LogP contribution in [-0.2, 0) is 10.0 Å². The van der Waals surface area contributed by atoms with Crippen LogP contribution in [0.5, 0.6) is 11.5 Å². The maximum absolute atomic E-state index is 12.4. The Kier molecular flexibility index (Phi) is 5.63. The fourth-order valence-electron chi connectivity index (χ4n) is 2.09. The SMILES string of the molecule is O=S(=O)(Nc1ccc(Oc2ccc(Cl)cc2)cc1)c1ccc(Cl)c(Cl)c1. The van der Waals surface area contributed by atoms with Crippen molar-refractivity contribution in [2.24, 2.45) is 0 Å². The highest BCUT2D eigenvalue weighted by atomic mass is 35.5. The lowest BCUT2D eigenvalue weighted by atomic mass is 10.3. The largest absolute Gasteiger partial charge is 0.457 e. The fraction of sp³-hybridized carbons (Fsp3) is 0. The minimum Gasteiger partial charge on any atom is -0.457 e. The van der Waals surface area contributed by atoms with E-state index in [1.807, 2.05) is 0 Å². The first-order valence-corrected chi connectivity index (χ1v) is 9.96. The van der Waals surface area contributed by atoms with Gasteiger partial charge in [-0.1, -0.05) is 34.8 Å². The molecule has 0 saturated heterocycles. The molecular weight excluding hydrogens is 417 g/mol. The van der Waals surface area contributed by atoms with E-state index in [1.165, 1.54) is 18.2 Å². The van der Waals surface area contributed by atoms with Crippen LogP contribution >= 0.6 is 34.8 Å². The molecular formula is C18H12Cl3NO3S. The third-order valence-corrected chi connectivity index (χ3v) is 5.73. The molecule has 4 nitrogen and oxygen atoms in total. The molecule has 0 fully saturated rings. The molecule has 3 aromatic rings. The van der Waals surface area contributed by atoms with E-state index in [-0.39, 0.29) is 14.9 Å². The third kappa shape index (κ3) is 4.62. The Morgan fingerprint density at radius 3 is 1.88 bits per heavy atom. The first-order valence-electron chi connectivity index (χ1n) is 7.35. The normalized spacial score (nSPS) is 11.2. The van der Waals surface area contributed by atoms with Gasteiger partial charge < -0.3 is 4.74 Å². The highest BCUT2D eigenvalue weighted by molar-refractivity contribution is 7.92. The van der Waals surface area contributed by atoms with Crippen molar-refractivity contribution in [3.63, 3.8) is 0 Å². The molecule has 0 aliphatic rings. The summed E-state index contributed by atoms with van der Waals surface area (Å²) in [7, 11) is -3.78. The van der Waals surface area contributed by atoms with Crippen LogP contribution in [0.2, 0.25) is 15.1 Å². The molecule has 26 heavy (non-hydrogen) atoms. The Morgan fingerprint density at radius 2 is 1.31 bits per heavy atom. The Bertz CT molecular complexity index is 1020. The van der Waals surface area contributed by atoms with Crippen molar-refractivity contribution in [3.05, 3.63) is 81.8 Å². The molecule has 3 aromatic carbocycles. The summed E-state index contributed by atoms with van der Waals surface area (Å²) in [5.41, 5.74) is 0.388. The van der Waals surface area contributed by atoms with Gasteiger partial charge in [0.25, 0.3) is 10.0 Å². The van der Waals surface area contributed by atoms with Gasteiger partial charge in [0.05, 0.1) is 14.9 Å². The summed E-state index contributed by atoms with van der Waals surface area (Å²) >= 11 is 17.5. The van der Waals surface area contributed by atoms with Crippen LogP contribution in [0, 0.1) is 0 Å². The number of ether oxygens (including phenoxy) is 1. The van der Waals surface area contributed by atoms with Gasteiger partial charge in [0.1, 0.15) is 11.5 Å². The lowest BCUT2D eigenvalue weighted by Crippen LogP contribution is -2.12. The summed E-state index contributed by atoms with van der Waals surface area (Å²) in [5, 5.41) is 1.07. The summed E-state index contributed by atoms with van der Waals surface area (Å²) in [6, 6.07) is 17.5. The molecule has 0 amide bonds. The van der Waals surface area contributed by atoms with Crippen molar-refractivity contribution in [2.75, 3.05) is 4.72 Å². The van der Waals surface area contributed by atoms with Gasteiger partial charge in [0.15, 0.2) is 0 Å².